The summed E-state index contributed by atoms with van der Waals surface area (Å²) < 4.78 is 1.79. The van der Waals surface area contributed by atoms with Gasteiger partial charge in [-0.15, -0.1) is 0 Å². The molecule has 1 aromatic carbocycles. The van der Waals surface area contributed by atoms with E-state index in [2.05, 4.69) is 10.3 Å². The highest BCUT2D eigenvalue weighted by Crippen LogP contribution is 2.18. The molecule has 1 heterocycles. The number of hydrogen-bond donors (Lipinski definition) is 1. The first-order chi connectivity index (χ1) is 8.34. The number of aromatic nitrogens is 2. The Bertz CT molecular complexity index is 586. The molecule has 1 aliphatic carbocycles. The van der Waals surface area contributed by atoms with Gasteiger partial charge in [-0.3, -0.25) is 4.79 Å². The van der Waals surface area contributed by atoms with Gasteiger partial charge in [0, 0.05) is 19.1 Å². The highest BCUT2D eigenvalue weighted by atomic mass is 16.1. The van der Waals surface area contributed by atoms with Gasteiger partial charge in [-0.1, -0.05) is 12.1 Å². The summed E-state index contributed by atoms with van der Waals surface area (Å²) in [6, 6.07) is 8.43. The van der Waals surface area contributed by atoms with Gasteiger partial charge < -0.3 is 9.88 Å². The molecule has 0 unspecified atom stereocenters. The number of para-hydroxylation sites is 2. The van der Waals surface area contributed by atoms with Crippen molar-refractivity contribution in [1.82, 2.24) is 14.9 Å². The molecule has 0 spiro atoms. The van der Waals surface area contributed by atoms with Crippen LogP contribution in [-0.4, -0.2) is 22.1 Å². The van der Waals surface area contributed by atoms with Crippen molar-refractivity contribution in [2.45, 2.75) is 25.4 Å². The maximum absolute atomic E-state index is 11.8. The predicted molar refractivity (Wildman–Crippen MR) is 67.0 cm³/mol. The fraction of sp³-hybridized carbons (Fsp3) is 0.385. The molecular weight excluding hydrogens is 214 g/mol. The normalized spacial score (nSPS) is 15.3. The Balaban J connectivity index is 1.89. The van der Waals surface area contributed by atoms with E-state index in [1.165, 1.54) is 19.0 Å². The van der Waals surface area contributed by atoms with Crippen LogP contribution < -0.4 is 10.9 Å². The van der Waals surface area contributed by atoms with Crippen molar-refractivity contribution in [3.8, 4) is 0 Å². The molecule has 0 saturated heterocycles. The molecule has 0 amide bonds. The topological polar surface area (TPSA) is 46.9 Å². The fourth-order valence-corrected chi connectivity index (χ4v) is 2.01. The maximum atomic E-state index is 11.8. The van der Waals surface area contributed by atoms with Gasteiger partial charge in [0.15, 0.2) is 0 Å². The molecule has 88 valence electrons. The molecule has 0 bridgehead atoms. The second-order valence-corrected chi connectivity index (χ2v) is 4.47. The van der Waals surface area contributed by atoms with Gasteiger partial charge in [-0.25, -0.2) is 4.98 Å². The average Bonchev–Trinajstić information content (AvgIpc) is 3.16. The van der Waals surface area contributed by atoms with E-state index in [0.29, 0.717) is 12.6 Å². The fourth-order valence-electron chi connectivity index (χ4n) is 2.01. The molecular formula is C13H15N3O. The van der Waals surface area contributed by atoms with Gasteiger partial charge in [0.1, 0.15) is 0 Å². The van der Waals surface area contributed by atoms with E-state index in [9.17, 15) is 4.79 Å². The lowest BCUT2D eigenvalue weighted by Crippen LogP contribution is -2.28. The van der Waals surface area contributed by atoms with E-state index in [-0.39, 0.29) is 5.56 Å². The number of fused-ring (bicyclic) bond motifs is 1. The van der Waals surface area contributed by atoms with E-state index in [4.69, 9.17) is 0 Å². The van der Waals surface area contributed by atoms with Crippen molar-refractivity contribution in [3.63, 3.8) is 0 Å². The molecule has 4 nitrogen and oxygen atoms in total. The maximum Gasteiger partial charge on any atom is 0.269 e. The average molecular weight is 229 g/mol. The minimum atomic E-state index is -0.0266. The van der Waals surface area contributed by atoms with Gasteiger partial charge in [0.25, 0.3) is 5.56 Å². The number of nitrogens with zero attached hydrogens (tertiary/aromatic N) is 2. The van der Waals surface area contributed by atoms with Crippen molar-refractivity contribution in [3.05, 3.63) is 40.8 Å². The van der Waals surface area contributed by atoms with Crippen LogP contribution in [0.25, 0.3) is 11.0 Å². The van der Waals surface area contributed by atoms with Gasteiger partial charge in [-0.2, -0.15) is 0 Å². The van der Waals surface area contributed by atoms with Crippen molar-refractivity contribution in [2.75, 3.05) is 6.54 Å². The van der Waals surface area contributed by atoms with E-state index in [1.807, 2.05) is 24.3 Å². The molecule has 1 fully saturated rings. The number of benzene rings is 1. The third-order valence-corrected chi connectivity index (χ3v) is 3.10. The van der Waals surface area contributed by atoms with E-state index in [1.54, 1.807) is 4.57 Å². The van der Waals surface area contributed by atoms with Crippen LogP contribution >= 0.6 is 0 Å². The molecule has 17 heavy (non-hydrogen) atoms. The first kappa shape index (κ1) is 10.5. The summed E-state index contributed by atoms with van der Waals surface area (Å²) in [5, 5.41) is 3.42. The van der Waals surface area contributed by atoms with Gasteiger partial charge in [0.05, 0.1) is 17.2 Å². The molecule has 1 aliphatic rings. The zero-order valence-corrected chi connectivity index (χ0v) is 9.60. The summed E-state index contributed by atoms with van der Waals surface area (Å²) in [5.74, 6) is 0. The van der Waals surface area contributed by atoms with Crippen molar-refractivity contribution in [1.29, 1.82) is 0 Å². The first-order valence-electron chi connectivity index (χ1n) is 6.02. The number of rotatable bonds is 4. The molecule has 4 heteroatoms. The second-order valence-electron chi connectivity index (χ2n) is 4.47. The summed E-state index contributed by atoms with van der Waals surface area (Å²) in [6.45, 7) is 1.55. The Morgan fingerprint density at radius 3 is 3.00 bits per heavy atom. The smallest absolute Gasteiger partial charge is 0.269 e. The minimum Gasteiger partial charge on any atom is -0.312 e. The Hall–Kier alpha value is -1.68. The third-order valence-electron chi connectivity index (χ3n) is 3.10. The van der Waals surface area contributed by atoms with Crippen LogP contribution in [0.15, 0.2) is 35.3 Å². The lowest BCUT2D eigenvalue weighted by atomic mass is 10.3. The standard InChI is InChI=1S/C13H15N3O/c17-13-9-15-11-3-1-2-4-12(11)16(13)8-7-14-10-5-6-10/h1-4,9-10,14H,5-8H2. The summed E-state index contributed by atoms with van der Waals surface area (Å²) in [7, 11) is 0. The molecule has 0 aliphatic heterocycles. The quantitative estimate of drug-likeness (QED) is 0.855. The van der Waals surface area contributed by atoms with Gasteiger partial charge in [0.2, 0.25) is 0 Å². The molecule has 1 saturated carbocycles. The van der Waals surface area contributed by atoms with E-state index < -0.39 is 0 Å². The summed E-state index contributed by atoms with van der Waals surface area (Å²) >= 11 is 0. The largest absolute Gasteiger partial charge is 0.312 e. The Morgan fingerprint density at radius 1 is 1.35 bits per heavy atom. The van der Waals surface area contributed by atoms with Crippen LogP contribution in [-0.2, 0) is 6.54 Å². The summed E-state index contributed by atoms with van der Waals surface area (Å²) in [6.07, 6.45) is 3.94. The molecule has 1 aromatic heterocycles. The number of hydrogen-bond acceptors (Lipinski definition) is 3. The Labute approximate surface area is 99.3 Å². The van der Waals surface area contributed by atoms with Crippen LogP contribution in [0, 0.1) is 0 Å². The van der Waals surface area contributed by atoms with Crippen molar-refractivity contribution < 1.29 is 0 Å². The van der Waals surface area contributed by atoms with Crippen LogP contribution in [0.3, 0.4) is 0 Å². The third kappa shape index (κ3) is 2.22. The van der Waals surface area contributed by atoms with Gasteiger partial charge >= 0.3 is 0 Å². The summed E-state index contributed by atoms with van der Waals surface area (Å²) in [4.78, 5) is 15.9. The zero-order valence-electron chi connectivity index (χ0n) is 9.60. The molecule has 1 N–H and O–H groups in total. The van der Waals surface area contributed by atoms with E-state index >= 15 is 0 Å². The molecule has 3 rings (SSSR count). The molecule has 0 radical (unpaired) electrons. The van der Waals surface area contributed by atoms with Crippen LogP contribution in [0.5, 0.6) is 0 Å². The predicted octanol–water partition coefficient (Wildman–Crippen LogP) is 1.15. The van der Waals surface area contributed by atoms with Crippen molar-refractivity contribution in [2.24, 2.45) is 0 Å². The minimum absolute atomic E-state index is 0.0266. The van der Waals surface area contributed by atoms with Crippen LogP contribution in [0.2, 0.25) is 0 Å². The summed E-state index contributed by atoms with van der Waals surface area (Å²) in [5.41, 5.74) is 1.76. The monoisotopic (exact) mass is 229 g/mol. The lowest BCUT2D eigenvalue weighted by molar-refractivity contribution is 0.594. The number of nitrogens with one attached hydrogen (secondary N) is 1. The van der Waals surface area contributed by atoms with Crippen molar-refractivity contribution >= 4 is 11.0 Å². The molecule has 0 atom stereocenters. The van der Waals surface area contributed by atoms with Gasteiger partial charge in [-0.05, 0) is 25.0 Å². The zero-order chi connectivity index (χ0) is 11.7. The van der Waals surface area contributed by atoms with E-state index in [0.717, 1.165) is 17.6 Å². The first-order valence-corrected chi connectivity index (χ1v) is 6.02. The van der Waals surface area contributed by atoms with Crippen LogP contribution in [0.4, 0.5) is 0 Å². The van der Waals surface area contributed by atoms with Crippen LogP contribution in [0.1, 0.15) is 12.8 Å². The lowest BCUT2D eigenvalue weighted by Gasteiger charge is -2.09. The molecule has 2 aromatic rings. The highest BCUT2D eigenvalue weighted by Gasteiger charge is 2.19. The highest BCUT2D eigenvalue weighted by molar-refractivity contribution is 5.74. The Kier molecular flexibility index (Phi) is 2.65. The Morgan fingerprint density at radius 2 is 2.18 bits per heavy atom. The second kappa shape index (κ2) is 4.30. The SMILES string of the molecule is O=c1cnc2ccccc2n1CCNC1CC1.